The van der Waals surface area contributed by atoms with E-state index < -0.39 is 0 Å². The van der Waals surface area contributed by atoms with Gasteiger partial charge < -0.3 is 19.7 Å². The van der Waals surface area contributed by atoms with Crippen LogP contribution in [0.5, 0.6) is 17.2 Å². The number of rotatable bonds is 2. The molecule has 0 bridgehead atoms. The van der Waals surface area contributed by atoms with Crippen LogP contribution in [0, 0.1) is 6.92 Å². The van der Waals surface area contributed by atoms with Crippen molar-refractivity contribution < 1.29 is 19.7 Å². The molecule has 1 saturated heterocycles. The topological polar surface area (TPSA) is 69.9 Å². The first-order chi connectivity index (χ1) is 15.0. The summed E-state index contributed by atoms with van der Waals surface area (Å²) in [5.74, 6) is 1.00. The summed E-state index contributed by atoms with van der Waals surface area (Å²) in [5.41, 5.74) is 2.11. The van der Waals surface area contributed by atoms with Crippen molar-refractivity contribution in [3.63, 3.8) is 0 Å². The monoisotopic (exact) mass is 438 g/mol. The summed E-state index contributed by atoms with van der Waals surface area (Å²) in [7, 11) is 0.00849. The second-order valence-corrected chi connectivity index (χ2v) is 8.48. The molecule has 3 aromatic rings. The Labute approximate surface area is 188 Å². The van der Waals surface area contributed by atoms with Crippen LogP contribution < -0.4 is 0 Å². The van der Waals surface area contributed by atoms with Crippen LogP contribution in [-0.2, 0) is 10.8 Å². The van der Waals surface area contributed by atoms with Crippen LogP contribution in [0.3, 0.4) is 0 Å². The molecule has 3 aromatic carbocycles. The Morgan fingerprint density at radius 2 is 1.45 bits per heavy atom. The van der Waals surface area contributed by atoms with Gasteiger partial charge in [-0.2, -0.15) is 0 Å². The number of phenolic OH excluding ortho intramolecular Hbond substituents is 3. The van der Waals surface area contributed by atoms with E-state index >= 15 is 0 Å². The van der Waals surface area contributed by atoms with Gasteiger partial charge in [-0.15, -0.1) is 6.58 Å². The van der Waals surface area contributed by atoms with Gasteiger partial charge in [0, 0.05) is 6.61 Å². The number of allylic oxidation sites excluding steroid dienone is 1. The standard InChI is InChI=1S/C10H12O.2C6H6O.C4H10OSi/c1-3-4-9-5-6-10(11)8(2)7-9;2*7-6-4-2-1-3-5-6;1-2-4-6-5-3-1/h3,5-7,11H,1,4H2,2H3;2*1-5,7H;1-4,6H2. The summed E-state index contributed by atoms with van der Waals surface area (Å²) in [5, 5.41) is 26.5. The average Bonchev–Trinajstić information content (AvgIpc) is 2.80. The third-order valence-corrected chi connectivity index (χ3v) is 5.60. The molecule has 0 spiro atoms. The number of hydrogen-bond acceptors (Lipinski definition) is 4. The smallest absolute Gasteiger partial charge is 0.161 e. The van der Waals surface area contributed by atoms with Gasteiger partial charge in [-0.25, -0.2) is 0 Å². The van der Waals surface area contributed by atoms with Crippen molar-refractivity contribution in [3.8, 4) is 17.2 Å². The fourth-order valence-electron chi connectivity index (χ4n) is 2.55. The van der Waals surface area contributed by atoms with Crippen molar-refractivity contribution in [1.82, 2.24) is 0 Å². The number of para-hydroxylation sites is 2. The summed E-state index contributed by atoms with van der Waals surface area (Å²) >= 11 is 0. The Morgan fingerprint density at radius 3 is 1.74 bits per heavy atom. The van der Waals surface area contributed by atoms with Crippen LogP contribution in [0.2, 0.25) is 6.04 Å². The highest BCUT2D eigenvalue weighted by molar-refractivity contribution is 6.27. The van der Waals surface area contributed by atoms with Crippen molar-refractivity contribution in [2.45, 2.75) is 32.2 Å². The predicted octanol–water partition coefficient (Wildman–Crippen LogP) is 5.51. The van der Waals surface area contributed by atoms with Gasteiger partial charge in [0.25, 0.3) is 0 Å². The van der Waals surface area contributed by atoms with Crippen molar-refractivity contribution in [2.75, 3.05) is 6.61 Å². The molecular formula is C26H34O4Si. The van der Waals surface area contributed by atoms with Crippen LogP contribution >= 0.6 is 0 Å². The Hall–Kier alpha value is -3.02. The maximum atomic E-state index is 9.19. The van der Waals surface area contributed by atoms with Gasteiger partial charge >= 0.3 is 0 Å². The molecule has 0 radical (unpaired) electrons. The van der Waals surface area contributed by atoms with E-state index in [2.05, 4.69) is 6.58 Å². The number of aromatic hydroxyl groups is 3. The van der Waals surface area contributed by atoms with Gasteiger partial charge in [-0.3, -0.25) is 0 Å². The number of phenols is 3. The molecule has 1 aliphatic heterocycles. The zero-order valence-electron chi connectivity index (χ0n) is 18.3. The maximum Gasteiger partial charge on any atom is 0.161 e. The second-order valence-electron chi connectivity index (χ2n) is 6.96. The molecule has 31 heavy (non-hydrogen) atoms. The fourth-order valence-corrected chi connectivity index (χ4v) is 3.72. The maximum absolute atomic E-state index is 9.19. The van der Waals surface area contributed by atoms with E-state index in [0.717, 1.165) is 18.6 Å². The predicted molar refractivity (Wildman–Crippen MR) is 131 cm³/mol. The van der Waals surface area contributed by atoms with Gasteiger partial charge in [-0.1, -0.05) is 61.0 Å². The Balaban J connectivity index is 0.000000213. The summed E-state index contributed by atoms with van der Waals surface area (Å²) in [6.07, 6.45) is 5.46. The average molecular weight is 439 g/mol. The molecule has 1 heterocycles. The van der Waals surface area contributed by atoms with Crippen LogP contribution in [0.15, 0.2) is 91.5 Å². The first-order valence-corrected chi connectivity index (χ1v) is 12.1. The molecule has 4 rings (SSSR count). The largest absolute Gasteiger partial charge is 0.508 e. The third-order valence-electron chi connectivity index (χ3n) is 4.23. The minimum Gasteiger partial charge on any atom is -0.508 e. The van der Waals surface area contributed by atoms with Gasteiger partial charge in [0.15, 0.2) is 9.76 Å². The summed E-state index contributed by atoms with van der Waals surface area (Å²) < 4.78 is 5.21. The van der Waals surface area contributed by atoms with E-state index in [-0.39, 0.29) is 9.76 Å². The SMILES string of the molecule is C1CC[SiH2]OC1.C=CCc1ccc(O)c(C)c1.Oc1ccccc1.Oc1ccccc1. The van der Waals surface area contributed by atoms with Gasteiger partial charge in [-0.05, 0) is 67.3 Å². The lowest BCUT2D eigenvalue weighted by Crippen LogP contribution is -2.06. The minimum absolute atomic E-state index is 0.00849. The highest BCUT2D eigenvalue weighted by atomic mass is 28.2. The van der Waals surface area contributed by atoms with E-state index in [1.807, 2.05) is 37.3 Å². The molecule has 1 fully saturated rings. The van der Waals surface area contributed by atoms with Crippen LogP contribution in [0.25, 0.3) is 0 Å². The Morgan fingerprint density at radius 1 is 0.871 bits per heavy atom. The molecule has 166 valence electrons. The van der Waals surface area contributed by atoms with Gasteiger partial charge in [0.05, 0.1) is 0 Å². The summed E-state index contributed by atoms with van der Waals surface area (Å²) in [4.78, 5) is 0. The summed E-state index contributed by atoms with van der Waals surface area (Å²) in [6.45, 7) is 6.60. The Bertz CT molecular complexity index is 786. The van der Waals surface area contributed by atoms with E-state index in [1.54, 1.807) is 54.6 Å². The molecule has 0 saturated carbocycles. The molecule has 0 amide bonds. The van der Waals surface area contributed by atoms with Crippen molar-refractivity contribution in [3.05, 3.63) is 103 Å². The molecule has 4 nitrogen and oxygen atoms in total. The molecule has 0 unspecified atom stereocenters. The zero-order valence-corrected chi connectivity index (χ0v) is 19.7. The van der Waals surface area contributed by atoms with E-state index in [4.69, 9.17) is 14.6 Å². The fraction of sp³-hybridized carbons (Fsp3) is 0.231. The minimum atomic E-state index is 0.00849. The molecule has 0 atom stereocenters. The molecular weight excluding hydrogens is 404 g/mol. The lowest BCUT2D eigenvalue weighted by molar-refractivity contribution is 0.304. The lowest BCUT2D eigenvalue weighted by Gasteiger charge is -2.07. The van der Waals surface area contributed by atoms with Crippen molar-refractivity contribution in [1.29, 1.82) is 0 Å². The number of benzene rings is 3. The first-order valence-electron chi connectivity index (χ1n) is 10.5. The van der Waals surface area contributed by atoms with Gasteiger partial charge in [0.2, 0.25) is 0 Å². The normalized spacial score (nSPS) is 12.7. The Kier molecular flexibility index (Phi) is 14.0. The van der Waals surface area contributed by atoms with Crippen LogP contribution in [0.4, 0.5) is 0 Å². The molecule has 5 heteroatoms. The molecule has 1 aliphatic rings. The number of hydrogen-bond donors (Lipinski definition) is 3. The lowest BCUT2D eigenvalue weighted by atomic mass is 10.1. The highest BCUT2D eigenvalue weighted by Gasteiger charge is 1.96. The zero-order chi connectivity index (χ0) is 22.7. The molecule has 3 N–H and O–H groups in total. The van der Waals surface area contributed by atoms with E-state index in [1.165, 1.54) is 24.4 Å². The molecule has 0 aromatic heterocycles. The van der Waals surface area contributed by atoms with Crippen LogP contribution in [-0.4, -0.2) is 31.7 Å². The van der Waals surface area contributed by atoms with Gasteiger partial charge in [0.1, 0.15) is 17.2 Å². The van der Waals surface area contributed by atoms with Crippen molar-refractivity contribution >= 4 is 9.76 Å². The second kappa shape index (κ2) is 16.7. The van der Waals surface area contributed by atoms with Crippen LogP contribution in [0.1, 0.15) is 24.0 Å². The highest BCUT2D eigenvalue weighted by Crippen LogP contribution is 2.17. The quantitative estimate of drug-likeness (QED) is 0.364. The number of aryl methyl sites for hydroxylation is 1. The van der Waals surface area contributed by atoms with E-state index in [9.17, 15) is 5.11 Å². The van der Waals surface area contributed by atoms with Crippen molar-refractivity contribution in [2.24, 2.45) is 0 Å². The molecule has 0 aliphatic carbocycles. The third kappa shape index (κ3) is 13.8. The summed E-state index contributed by atoms with van der Waals surface area (Å²) in [6, 6.07) is 24.4. The first kappa shape index (κ1) is 26.0. The van der Waals surface area contributed by atoms with E-state index in [0.29, 0.717) is 17.2 Å².